The van der Waals surface area contributed by atoms with Crippen LogP contribution in [0.15, 0.2) is 46.9 Å². The van der Waals surface area contributed by atoms with Crippen LogP contribution in [0.2, 0.25) is 0 Å². The third-order valence-electron chi connectivity index (χ3n) is 3.19. The van der Waals surface area contributed by atoms with E-state index < -0.39 is 4.92 Å². The summed E-state index contributed by atoms with van der Waals surface area (Å²) in [5.41, 5.74) is 1.84. The minimum atomic E-state index is -0.398. The van der Waals surface area contributed by atoms with E-state index in [0.29, 0.717) is 21.7 Å². The number of halogens is 1. The molecule has 0 N–H and O–H groups in total. The first-order valence-electron chi connectivity index (χ1n) is 6.63. The Labute approximate surface area is 132 Å². The van der Waals surface area contributed by atoms with E-state index in [1.807, 2.05) is 24.3 Å². The predicted molar refractivity (Wildman–Crippen MR) is 85.7 cm³/mol. The minimum Gasteiger partial charge on any atom is -0.489 e. The maximum atomic E-state index is 11.0. The zero-order valence-corrected chi connectivity index (χ0v) is 13.5. The van der Waals surface area contributed by atoms with Crippen LogP contribution < -0.4 is 4.74 Å². The van der Waals surface area contributed by atoms with Gasteiger partial charge in [0.2, 0.25) is 0 Å². The molecule has 2 rings (SSSR count). The highest BCUT2D eigenvalue weighted by Gasteiger charge is 2.14. The van der Waals surface area contributed by atoms with E-state index in [0.717, 1.165) is 0 Å². The van der Waals surface area contributed by atoms with Gasteiger partial charge in [0.1, 0.15) is 12.4 Å². The standard InChI is InChI=1S/C16H16BrNO3/c1-11(2)12-4-7-15(8-5-12)21-10-13-3-6-14(17)9-16(13)18(19)20/h3-9,11H,10H2,1-2H3. The predicted octanol–water partition coefficient (Wildman–Crippen LogP) is 5.06. The molecule has 4 nitrogen and oxygen atoms in total. The van der Waals surface area contributed by atoms with Crippen LogP contribution in [0.4, 0.5) is 5.69 Å². The monoisotopic (exact) mass is 349 g/mol. The van der Waals surface area contributed by atoms with E-state index >= 15 is 0 Å². The van der Waals surface area contributed by atoms with E-state index in [1.54, 1.807) is 12.1 Å². The summed E-state index contributed by atoms with van der Waals surface area (Å²) >= 11 is 3.24. The van der Waals surface area contributed by atoms with Crippen LogP contribution >= 0.6 is 15.9 Å². The number of benzene rings is 2. The maximum absolute atomic E-state index is 11.0. The normalized spacial score (nSPS) is 10.7. The highest BCUT2D eigenvalue weighted by atomic mass is 79.9. The fraction of sp³-hybridized carbons (Fsp3) is 0.250. The molecule has 0 amide bonds. The van der Waals surface area contributed by atoms with Crippen molar-refractivity contribution in [1.82, 2.24) is 0 Å². The van der Waals surface area contributed by atoms with Gasteiger partial charge in [-0.3, -0.25) is 10.1 Å². The SMILES string of the molecule is CC(C)c1ccc(OCc2ccc(Br)cc2[N+](=O)[O-])cc1. The van der Waals surface area contributed by atoms with Gasteiger partial charge in [0.05, 0.1) is 10.5 Å². The number of nitro groups is 1. The molecule has 0 unspecified atom stereocenters. The third kappa shape index (κ3) is 4.04. The highest BCUT2D eigenvalue weighted by Crippen LogP contribution is 2.25. The Hall–Kier alpha value is -1.88. The minimum absolute atomic E-state index is 0.0585. The third-order valence-corrected chi connectivity index (χ3v) is 3.68. The first kappa shape index (κ1) is 15.5. The number of hydrogen-bond donors (Lipinski definition) is 0. The van der Waals surface area contributed by atoms with Crippen LogP contribution in [-0.4, -0.2) is 4.92 Å². The van der Waals surface area contributed by atoms with Gasteiger partial charge in [-0.1, -0.05) is 41.9 Å². The molecule has 21 heavy (non-hydrogen) atoms. The highest BCUT2D eigenvalue weighted by molar-refractivity contribution is 9.10. The average Bonchev–Trinajstić information content (AvgIpc) is 2.46. The molecule has 0 aromatic heterocycles. The van der Waals surface area contributed by atoms with Crippen molar-refractivity contribution in [3.05, 3.63) is 68.2 Å². The molecule has 2 aromatic carbocycles. The summed E-state index contributed by atoms with van der Waals surface area (Å²) in [5.74, 6) is 1.17. The molecule has 0 aliphatic rings. The molecular weight excluding hydrogens is 334 g/mol. The summed E-state index contributed by atoms with van der Waals surface area (Å²) in [6, 6.07) is 12.8. The number of nitro benzene ring substituents is 1. The van der Waals surface area contributed by atoms with E-state index in [-0.39, 0.29) is 12.3 Å². The number of nitrogens with zero attached hydrogens (tertiary/aromatic N) is 1. The molecule has 2 aromatic rings. The molecule has 0 atom stereocenters. The molecule has 0 spiro atoms. The van der Waals surface area contributed by atoms with Crippen molar-refractivity contribution in [2.24, 2.45) is 0 Å². The van der Waals surface area contributed by atoms with E-state index in [9.17, 15) is 10.1 Å². The average molecular weight is 350 g/mol. The molecule has 0 saturated carbocycles. The Morgan fingerprint density at radius 3 is 2.43 bits per heavy atom. The largest absolute Gasteiger partial charge is 0.489 e. The number of hydrogen-bond acceptors (Lipinski definition) is 3. The lowest BCUT2D eigenvalue weighted by Gasteiger charge is -2.09. The molecule has 110 valence electrons. The second-order valence-corrected chi connectivity index (χ2v) is 5.96. The van der Waals surface area contributed by atoms with Crippen LogP contribution in [-0.2, 0) is 6.61 Å². The van der Waals surface area contributed by atoms with Crippen molar-refractivity contribution in [1.29, 1.82) is 0 Å². The number of ether oxygens (including phenoxy) is 1. The van der Waals surface area contributed by atoms with Gasteiger partial charge in [-0.05, 0) is 35.7 Å². The Balaban J connectivity index is 2.11. The van der Waals surface area contributed by atoms with Gasteiger partial charge >= 0.3 is 0 Å². The van der Waals surface area contributed by atoms with Gasteiger partial charge in [-0.15, -0.1) is 0 Å². The molecule has 0 fully saturated rings. The lowest BCUT2D eigenvalue weighted by Crippen LogP contribution is -2.01. The Bertz CT molecular complexity index is 638. The summed E-state index contributed by atoms with van der Waals surface area (Å²) in [4.78, 5) is 10.6. The van der Waals surface area contributed by atoms with Crippen molar-refractivity contribution < 1.29 is 9.66 Å². The molecule has 0 saturated heterocycles. The van der Waals surface area contributed by atoms with Gasteiger partial charge in [0, 0.05) is 10.5 Å². The zero-order valence-electron chi connectivity index (χ0n) is 11.9. The van der Waals surface area contributed by atoms with Gasteiger partial charge < -0.3 is 4.74 Å². The van der Waals surface area contributed by atoms with Crippen molar-refractivity contribution in [2.75, 3.05) is 0 Å². The molecule has 5 heteroatoms. The second-order valence-electron chi connectivity index (χ2n) is 5.04. The summed E-state index contributed by atoms with van der Waals surface area (Å²) in [6.07, 6.45) is 0. The summed E-state index contributed by atoms with van der Waals surface area (Å²) in [5, 5.41) is 11.0. The van der Waals surface area contributed by atoms with Crippen LogP contribution in [0.25, 0.3) is 0 Å². The van der Waals surface area contributed by atoms with Gasteiger partial charge in [-0.25, -0.2) is 0 Å². The quantitative estimate of drug-likeness (QED) is 0.559. The summed E-state index contributed by atoms with van der Waals surface area (Å²) < 4.78 is 6.32. The maximum Gasteiger partial charge on any atom is 0.277 e. The van der Waals surface area contributed by atoms with Crippen LogP contribution in [0.1, 0.15) is 30.9 Å². The fourth-order valence-electron chi connectivity index (χ4n) is 1.94. The molecule has 0 aliphatic carbocycles. The Kier molecular flexibility index (Phi) is 4.96. The van der Waals surface area contributed by atoms with Crippen LogP contribution in [0, 0.1) is 10.1 Å². The van der Waals surface area contributed by atoms with Gasteiger partial charge in [-0.2, -0.15) is 0 Å². The summed E-state index contributed by atoms with van der Waals surface area (Å²) in [6.45, 7) is 4.42. The zero-order chi connectivity index (χ0) is 15.4. The topological polar surface area (TPSA) is 52.4 Å². The fourth-order valence-corrected chi connectivity index (χ4v) is 2.29. The smallest absolute Gasteiger partial charge is 0.277 e. The lowest BCUT2D eigenvalue weighted by molar-refractivity contribution is -0.385. The van der Waals surface area contributed by atoms with E-state index in [1.165, 1.54) is 11.6 Å². The van der Waals surface area contributed by atoms with Gasteiger partial charge in [0.15, 0.2) is 0 Å². The molecule has 0 radical (unpaired) electrons. The van der Waals surface area contributed by atoms with Crippen LogP contribution in [0.5, 0.6) is 5.75 Å². The molecular formula is C16H16BrNO3. The van der Waals surface area contributed by atoms with Crippen molar-refractivity contribution in [3.8, 4) is 5.75 Å². The van der Waals surface area contributed by atoms with Crippen molar-refractivity contribution in [3.63, 3.8) is 0 Å². The Morgan fingerprint density at radius 2 is 1.86 bits per heavy atom. The summed E-state index contributed by atoms with van der Waals surface area (Å²) in [7, 11) is 0. The first-order valence-corrected chi connectivity index (χ1v) is 7.42. The first-order chi connectivity index (χ1) is 9.97. The van der Waals surface area contributed by atoms with Crippen molar-refractivity contribution >= 4 is 21.6 Å². The lowest BCUT2D eigenvalue weighted by atomic mass is 10.0. The molecule has 0 heterocycles. The second kappa shape index (κ2) is 6.72. The van der Waals surface area contributed by atoms with Crippen LogP contribution in [0.3, 0.4) is 0 Å². The van der Waals surface area contributed by atoms with E-state index in [4.69, 9.17) is 4.74 Å². The van der Waals surface area contributed by atoms with E-state index in [2.05, 4.69) is 29.8 Å². The molecule has 0 aliphatic heterocycles. The number of rotatable bonds is 5. The molecule has 0 bridgehead atoms. The Morgan fingerprint density at radius 1 is 1.19 bits per heavy atom. The van der Waals surface area contributed by atoms with Crippen molar-refractivity contribution in [2.45, 2.75) is 26.4 Å². The van der Waals surface area contributed by atoms with Gasteiger partial charge in [0.25, 0.3) is 5.69 Å².